The van der Waals surface area contributed by atoms with Gasteiger partial charge in [-0.1, -0.05) is 330 Å². The molecule has 83 heavy (non-hydrogen) atoms. The first-order valence-electron chi connectivity index (χ1n) is 35.7. The van der Waals surface area contributed by atoms with Gasteiger partial charge in [0.25, 0.3) is 0 Å². The Morgan fingerprint density at radius 1 is 0.253 bits per heavy atom. The molecule has 0 spiro atoms. The number of carbonyl (C=O) groups excluding carboxylic acids is 3. The highest BCUT2D eigenvalue weighted by Gasteiger charge is 2.19. The molecule has 0 aliphatic heterocycles. The molecule has 0 saturated carbocycles. The Hall–Kier alpha value is -3.67. The Morgan fingerprint density at radius 3 is 0.735 bits per heavy atom. The van der Waals surface area contributed by atoms with Crippen molar-refractivity contribution in [1.82, 2.24) is 0 Å². The van der Waals surface area contributed by atoms with Gasteiger partial charge in [-0.15, -0.1) is 0 Å². The summed E-state index contributed by atoms with van der Waals surface area (Å²) in [5.74, 6) is -0.869. The van der Waals surface area contributed by atoms with Gasteiger partial charge in [0.15, 0.2) is 6.10 Å². The number of ether oxygens (including phenoxy) is 3. The predicted molar refractivity (Wildman–Crippen MR) is 362 cm³/mol. The second-order valence-electron chi connectivity index (χ2n) is 23.8. The lowest BCUT2D eigenvalue weighted by atomic mass is 10.0. The van der Waals surface area contributed by atoms with Crippen LogP contribution >= 0.6 is 0 Å². The molecule has 0 radical (unpaired) electrons. The average molecular weight is 1160 g/mol. The molecule has 0 bridgehead atoms. The fourth-order valence-electron chi connectivity index (χ4n) is 10.2. The smallest absolute Gasteiger partial charge is 0.306 e. The molecule has 6 nitrogen and oxygen atoms in total. The van der Waals surface area contributed by atoms with E-state index in [0.717, 1.165) is 109 Å². The third-order valence-corrected chi connectivity index (χ3v) is 15.6. The van der Waals surface area contributed by atoms with Crippen molar-refractivity contribution in [1.29, 1.82) is 0 Å². The van der Waals surface area contributed by atoms with Gasteiger partial charge in [0.1, 0.15) is 13.2 Å². The van der Waals surface area contributed by atoms with Crippen molar-refractivity contribution in [3.05, 3.63) is 97.2 Å². The lowest BCUT2D eigenvalue weighted by Gasteiger charge is -2.18. The zero-order valence-corrected chi connectivity index (χ0v) is 54.9. The summed E-state index contributed by atoms with van der Waals surface area (Å²) in [5.41, 5.74) is 0. The lowest BCUT2D eigenvalue weighted by Crippen LogP contribution is -2.30. The van der Waals surface area contributed by atoms with Gasteiger partial charge < -0.3 is 14.2 Å². The van der Waals surface area contributed by atoms with Crippen molar-refractivity contribution in [3.8, 4) is 0 Å². The summed E-state index contributed by atoms with van der Waals surface area (Å²) in [6.07, 6.45) is 95.7. The Morgan fingerprint density at radius 2 is 0.470 bits per heavy atom. The maximum atomic E-state index is 13.0. The Bertz CT molecular complexity index is 1610. The number of hydrogen-bond acceptors (Lipinski definition) is 6. The van der Waals surface area contributed by atoms with E-state index in [1.807, 2.05) is 0 Å². The summed E-state index contributed by atoms with van der Waals surface area (Å²) in [5, 5.41) is 0. The molecule has 1 unspecified atom stereocenters. The molecule has 0 saturated heterocycles. The third kappa shape index (κ3) is 69.0. The van der Waals surface area contributed by atoms with Crippen LogP contribution in [0.15, 0.2) is 97.2 Å². The highest BCUT2D eigenvalue weighted by atomic mass is 16.6. The van der Waals surface area contributed by atoms with Crippen LogP contribution in [0.3, 0.4) is 0 Å². The largest absolute Gasteiger partial charge is 0.462 e. The first-order valence-corrected chi connectivity index (χ1v) is 35.7. The van der Waals surface area contributed by atoms with E-state index in [1.54, 1.807) is 0 Å². The van der Waals surface area contributed by atoms with Crippen LogP contribution < -0.4 is 0 Å². The van der Waals surface area contributed by atoms with Gasteiger partial charge in [0, 0.05) is 19.3 Å². The van der Waals surface area contributed by atoms with E-state index in [1.165, 1.54) is 205 Å². The highest BCUT2D eigenvalue weighted by Crippen LogP contribution is 2.17. The van der Waals surface area contributed by atoms with Crippen LogP contribution in [0.25, 0.3) is 0 Å². The van der Waals surface area contributed by atoms with Crippen LogP contribution in [0.5, 0.6) is 0 Å². The van der Waals surface area contributed by atoms with E-state index in [9.17, 15) is 14.4 Å². The summed E-state index contributed by atoms with van der Waals surface area (Å²) in [7, 11) is 0. The molecule has 0 fully saturated rings. The number of allylic oxidation sites excluding steroid dienone is 16. The molecule has 0 aliphatic rings. The van der Waals surface area contributed by atoms with Crippen LogP contribution in [0.2, 0.25) is 0 Å². The van der Waals surface area contributed by atoms with E-state index in [2.05, 4.69) is 118 Å². The summed E-state index contributed by atoms with van der Waals surface area (Å²) >= 11 is 0. The molecule has 0 rings (SSSR count). The highest BCUT2D eigenvalue weighted by molar-refractivity contribution is 5.71. The van der Waals surface area contributed by atoms with E-state index >= 15 is 0 Å². The van der Waals surface area contributed by atoms with Crippen molar-refractivity contribution in [3.63, 3.8) is 0 Å². The topological polar surface area (TPSA) is 78.9 Å². The number of carbonyl (C=O) groups is 3. The molecule has 0 heterocycles. The maximum Gasteiger partial charge on any atom is 0.306 e. The second kappa shape index (κ2) is 70.8. The molecule has 0 N–H and O–H groups in total. The Kier molecular flexibility index (Phi) is 67.7. The zero-order chi connectivity index (χ0) is 59.9. The van der Waals surface area contributed by atoms with Gasteiger partial charge >= 0.3 is 17.9 Å². The van der Waals surface area contributed by atoms with Crippen LogP contribution in [-0.2, 0) is 28.6 Å². The predicted octanol–water partition coefficient (Wildman–Crippen LogP) is 24.8. The summed E-state index contributed by atoms with van der Waals surface area (Å²) < 4.78 is 17.0. The van der Waals surface area contributed by atoms with E-state index in [4.69, 9.17) is 14.2 Å². The van der Waals surface area contributed by atoms with E-state index < -0.39 is 6.10 Å². The minimum Gasteiger partial charge on any atom is -0.462 e. The van der Waals surface area contributed by atoms with Crippen molar-refractivity contribution in [2.45, 2.75) is 361 Å². The van der Waals surface area contributed by atoms with Crippen molar-refractivity contribution in [2.24, 2.45) is 0 Å². The number of rotatable bonds is 65. The van der Waals surface area contributed by atoms with Gasteiger partial charge in [0.05, 0.1) is 0 Å². The molecule has 0 amide bonds. The molecule has 0 aliphatic carbocycles. The van der Waals surface area contributed by atoms with Crippen molar-refractivity contribution < 1.29 is 28.6 Å². The van der Waals surface area contributed by atoms with Crippen LogP contribution in [-0.4, -0.2) is 37.2 Å². The third-order valence-electron chi connectivity index (χ3n) is 15.6. The van der Waals surface area contributed by atoms with Gasteiger partial charge in [-0.2, -0.15) is 0 Å². The number of hydrogen-bond donors (Lipinski definition) is 0. The fraction of sp³-hybridized carbons (Fsp3) is 0.753. The molecule has 0 aromatic heterocycles. The standard InChI is InChI=1S/C77H134O6/c1-4-7-10-13-16-19-22-25-28-30-32-34-36-37-38-39-41-42-44-46-49-52-55-58-61-64-67-70-76(79)82-73-74(72-81-75(78)69-66-63-60-57-54-51-48-27-24-21-18-15-12-9-6-3)83-77(80)71-68-65-62-59-56-53-50-47-45-43-40-35-33-31-29-26-23-20-17-14-11-8-5-2/h7,10,16,19,23,25-26,28,31-34,37-38,41-42,74H,4-6,8-9,11-15,17-18,20-22,24,27,29-30,35-36,39-40,43-73H2,1-3H3/b10-7-,19-16-,26-23-,28-25-,33-31-,34-32-,38-37-,42-41-. The molecular formula is C77H134O6. The summed E-state index contributed by atoms with van der Waals surface area (Å²) in [6, 6.07) is 0. The Labute approximate surface area is 515 Å². The lowest BCUT2D eigenvalue weighted by molar-refractivity contribution is -0.167. The van der Waals surface area contributed by atoms with Crippen LogP contribution in [0.1, 0.15) is 355 Å². The SMILES string of the molecule is CC/C=C\C/C=C\C/C=C\C/C=C\C/C=C\C/C=C\CCCCCCCCCCC(=O)OCC(COC(=O)CCCCCCCCCCCCCCCCC)OC(=O)CCCCCCCCCCCCC/C=C\C/C=C\CCCCCCC. The fourth-order valence-corrected chi connectivity index (χ4v) is 10.2. The zero-order valence-electron chi connectivity index (χ0n) is 54.9. The molecule has 0 aromatic carbocycles. The van der Waals surface area contributed by atoms with Crippen LogP contribution in [0, 0.1) is 0 Å². The average Bonchev–Trinajstić information content (AvgIpc) is 3.49. The van der Waals surface area contributed by atoms with Gasteiger partial charge in [-0.3, -0.25) is 14.4 Å². The molecule has 6 heteroatoms. The number of unbranched alkanes of at least 4 members (excludes halogenated alkanes) is 38. The maximum absolute atomic E-state index is 13.0. The summed E-state index contributed by atoms with van der Waals surface area (Å²) in [6.45, 7) is 6.56. The van der Waals surface area contributed by atoms with Gasteiger partial charge in [-0.25, -0.2) is 0 Å². The van der Waals surface area contributed by atoms with Gasteiger partial charge in [-0.05, 0) is 103 Å². The monoisotopic (exact) mass is 1160 g/mol. The summed E-state index contributed by atoms with van der Waals surface area (Å²) in [4.78, 5) is 38.5. The van der Waals surface area contributed by atoms with Gasteiger partial charge in [0.2, 0.25) is 0 Å². The normalized spacial score (nSPS) is 12.7. The molecule has 478 valence electrons. The van der Waals surface area contributed by atoms with E-state index in [0.29, 0.717) is 19.3 Å². The first-order chi connectivity index (χ1) is 41.0. The quantitative estimate of drug-likeness (QED) is 0.0261. The minimum atomic E-state index is -0.783. The van der Waals surface area contributed by atoms with E-state index in [-0.39, 0.29) is 31.1 Å². The molecular weight excluding hydrogens is 1020 g/mol. The van der Waals surface area contributed by atoms with Crippen LogP contribution in [0.4, 0.5) is 0 Å². The Balaban J connectivity index is 4.34. The molecule has 0 aromatic rings. The first kappa shape index (κ1) is 79.3. The van der Waals surface area contributed by atoms with Crippen molar-refractivity contribution >= 4 is 17.9 Å². The molecule has 1 atom stereocenters. The second-order valence-corrected chi connectivity index (χ2v) is 23.8. The minimum absolute atomic E-state index is 0.0771. The number of esters is 3. The van der Waals surface area contributed by atoms with Crippen molar-refractivity contribution in [2.75, 3.05) is 13.2 Å².